The fraction of sp³-hybridized carbons (Fsp3) is 0.286. The van der Waals surface area contributed by atoms with E-state index in [1.807, 2.05) is 19.3 Å². The number of nitrogens with one attached hydrogen (secondary N) is 2. The number of hydrogen-bond donors (Lipinski definition) is 2. The number of rotatable bonds is 9. The van der Waals surface area contributed by atoms with Crippen molar-refractivity contribution >= 4 is 33.2 Å². The Bertz CT molecular complexity index is 1570. The van der Waals surface area contributed by atoms with E-state index in [9.17, 15) is 17.2 Å². The zero-order valence-electron chi connectivity index (χ0n) is 22.3. The van der Waals surface area contributed by atoms with Crippen molar-refractivity contribution < 1.29 is 17.2 Å². The Morgan fingerprint density at radius 1 is 0.975 bits per heavy atom. The maximum absolute atomic E-state index is 13.5. The highest BCUT2D eigenvalue weighted by Crippen LogP contribution is 2.26. The summed E-state index contributed by atoms with van der Waals surface area (Å²) in [5, 5.41) is 5.94. The Kier molecular flexibility index (Phi) is 8.10. The average Bonchev–Trinajstić information content (AvgIpc) is 3.35. The summed E-state index contributed by atoms with van der Waals surface area (Å²) < 4.78 is 57.0. The lowest BCUT2D eigenvalue weighted by Crippen LogP contribution is -2.45. The summed E-state index contributed by atoms with van der Waals surface area (Å²) >= 11 is 0. The van der Waals surface area contributed by atoms with Gasteiger partial charge in [-0.15, -0.1) is 0 Å². The number of aromatic nitrogens is 3. The fourth-order valence-corrected chi connectivity index (χ4v) is 6.16. The van der Waals surface area contributed by atoms with Crippen molar-refractivity contribution in [3.63, 3.8) is 0 Å². The van der Waals surface area contributed by atoms with Gasteiger partial charge in [0.25, 0.3) is 0 Å². The first-order valence-corrected chi connectivity index (χ1v) is 14.4. The van der Waals surface area contributed by atoms with Crippen LogP contribution < -0.4 is 10.6 Å². The van der Waals surface area contributed by atoms with Crippen LogP contribution in [0.5, 0.6) is 0 Å². The van der Waals surface area contributed by atoms with Crippen molar-refractivity contribution in [2.45, 2.75) is 30.3 Å². The minimum atomic E-state index is -3.67. The Hall–Kier alpha value is -3.87. The third-order valence-corrected chi connectivity index (χ3v) is 9.07. The number of nitrogens with zero attached hydrogens (tertiary/aromatic N) is 5. The molecule has 2 aromatic heterocycles. The van der Waals surface area contributed by atoms with Crippen molar-refractivity contribution in [2.24, 2.45) is 7.05 Å². The van der Waals surface area contributed by atoms with Gasteiger partial charge in [0.05, 0.1) is 4.90 Å². The number of piperidine rings is 1. The van der Waals surface area contributed by atoms with E-state index < -0.39 is 21.7 Å². The van der Waals surface area contributed by atoms with Crippen LogP contribution in [-0.2, 0) is 23.6 Å². The van der Waals surface area contributed by atoms with Crippen molar-refractivity contribution in [2.75, 3.05) is 30.8 Å². The molecule has 1 fully saturated rings. The molecule has 0 saturated carbocycles. The Morgan fingerprint density at radius 3 is 2.38 bits per heavy atom. The van der Waals surface area contributed by atoms with Gasteiger partial charge in [-0.2, -0.15) is 9.29 Å². The van der Waals surface area contributed by atoms with Crippen molar-refractivity contribution in [3.05, 3.63) is 90.4 Å². The molecule has 9 nitrogen and oxygen atoms in total. The summed E-state index contributed by atoms with van der Waals surface area (Å²) in [7, 11) is 0.0169. The maximum Gasteiger partial charge on any atom is 0.243 e. The minimum Gasteiger partial charge on any atom is -0.353 e. The molecule has 0 unspecified atom stereocenters. The molecule has 1 saturated heterocycles. The SMILES string of the molecule is CN(C1CCN(Cc2cccn2C)CC1)S(=O)(=O)c1ccc(Nc2nccc(Nc3ccc(F)c(F)c3)n2)cc1. The molecule has 0 aliphatic carbocycles. The van der Waals surface area contributed by atoms with Gasteiger partial charge in [0.1, 0.15) is 5.82 Å². The van der Waals surface area contributed by atoms with Crippen molar-refractivity contribution in [3.8, 4) is 0 Å². The Balaban J connectivity index is 1.19. The molecule has 4 aromatic rings. The maximum atomic E-state index is 13.5. The Morgan fingerprint density at radius 2 is 1.70 bits per heavy atom. The number of anilines is 4. The van der Waals surface area contributed by atoms with Gasteiger partial charge in [-0.05, 0) is 67.4 Å². The van der Waals surface area contributed by atoms with Crippen LogP contribution >= 0.6 is 0 Å². The highest BCUT2D eigenvalue weighted by atomic mass is 32.2. The molecule has 2 aromatic carbocycles. The molecule has 0 radical (unpaired) electrons. The van der Waals surface area contributed by atoms with E-state index in [2.05, 4.69) is 36.1 Å². The summed E-state index contributed by atoms with van der Waals surface area (Å²) in [6.07, 6.45) is 5.08. The average molecular weight is 568 g/mol. The van der Waals surface area contributed by atoms with E-state index in [4.69, 9.17) is 0 Å². The number of halogens is 2. The molecule has 210 valence electrons. The van der Waals surface area contributed by atoms with E-state index in [-0.39, 0.29) is 16.9 Å². The second-order valence-corrected chi connectivity index (χ2v) is 11.8. The van der Waals surface area contributed by atoms with Gasteiger partial charge in [-0.3, -0.25) is 4.90 Å². The molecule has 0 bridgehead atoms. The van der Waals surface area contributed by atoms with Crippen LogP contribution in [0.25, 0.3) is 0 Å². The number of sulfonamides is 1. The number of likely N-dealkylation sites (tertiary alicyclic amines) is 1. The van der Waals surface area contributed by atoms with E-state index in [0.29, 0.717) is 17.2 Å². The van der Waals surface area contributed by atoms with Gasteiger partial charge in [0.2, 0.25) is 16.0 Å². The molecule has 3 heterocycles. The van der Waals surface area contributed by atoms with Crippen LogP contribution in [0.3, 0.4) is 0 Å². The van der Waals surface area contributed by atoms with Gasteiger partial charge in [-0.25, -0.2) is 22.2 Å². The van der Waals surface area contributed by atoms with Crippen LogP contribution in [0.2, 0.25) is 0 Å². The lowest BCUT2D eigenvalue weighted by Gasteiger charge is -2.36. The highest BCUT2D eigenvalue weighted by Gasteiger charge is 2.31. The largest absolute Gasteiger partial charge is 0.353 e. The van der Waals surface area contributed by atoms with Gasteiger partial charge >= 0.3 is 0 Å². The predicted octanol–water partition coefficient (Wildman–Crippen LogP) is 4.87. The lowest BCUT2D eigenvalue weighted by atomic mass is 10.1. The number of aryl methyl sites for hydroxylation is 1. The zero-order valence-corrected chi connectivity index (χ0v) is 23.1. The minimum absolute atomic E-state index is 0.0642. The quantitative estimate of drug-likeness (QED) is 0.298. The van der Waals surface area contributed by atoms with Crippen molar-refractivity contribution in [1.29, 1.82) is 0 Å². The van der Waals surface area contributed by atoms with Crippen molar-refractivity contribution in [1.82, 2.24) is 23.7 Å². The van der Waals surface area contributed by atoms with Gasteiger partial charge in [-0.1, -0.05) is 0 Å². The fourth-order valence-electron chi connectivity index (χ4n) is 4.74. The van der Waals surface area contributed by atoms with Gasteiger partial charge < -0.3 is 15.2 Å². The highest BCUT2D eigenvalue weighted by molar-refractivity contribution is 7.89. The summed E-state index contributed by atoms with van der Waals surface area (Å²) in [6.45, 7) is 2.53. The predicted molar refractivity (Wildman–Crippen MR) is 150 cm³/mol. The van der Waals surface area contributed by atoms with Crippen LogP contribution in [0.4, 0.5) is 31.9 Å². The lowest BCUT2D eigenvalue weighted by molar-refractivity contribution is 0.161. The zero-order chi connectivity index (χ0) is 28.3. The number of benzene rings is 2. The molecular weight excluding hydrogens is 536 g/mol. The third kappa shape index (κ3) is 6.30. The molecule has 1 aliphatic rings. The second-order valence-electron chi connectivity index (χ2n) is 9.81. The number of hydrogen-bond acceptors (Lipinski definition) is 7. The first-order chi connectivity index (χ1) is 19.2. The molecule has 2 N–H and O–H groups in total. The van der Waals surface area contributed by atoms with E-state index >= 15 is 0 Å². The van der Waals surface area contributed by atoms with Gasteiger partial charge in [0.15, 0.2) is 11.6 Å². The molecule has 5 rings (SSSR count). The molecule has 0 spiro atoms. The summed E-state index contributed by atoms with van der Waals surface area (Å²) in [6, 6.07) is 15.6. The van der Waals surface area contributed by atoms with Crippen LogP contribution in [0.1, 0.15) is 18.5 Å². The van der Waals surface area contributed by atoms with E-state index in [0.717, 1.165) is 44.6 Å². The van der Waals surface area contributed by atoms with E-state index in [1.54, 1.807) is 37.4 Å². The first kappa shape index (κ1) is 27.7. The van der Waals surface area contributed by atoms with Crippen LogP contribution in [0, 0.1) is 11.6 Å². The smallest absolute Gasteiger partial charge is 0.243 e. The summed E-state index contributed by atoms with van der Waals surface area (Å²) in [5.74, 6) is -1.27. The van der Waals surface area contributed by atoms with Crippen LogP contribution in [-0.4, -0.2) is 58.3 Å². The topological polar surface area (TPSA) is 95.4 Å². The first-order valence-electron chi connectivity index (χ1n) is 12.9. The molecule has 1 aliphatic heterocycles. The molecule has 12 heteroatoms. The standard InChI is InChI=1S/C28H31F2N7O2S/c1-35-15-3-4-23(35)19-37-16-12-22(13-17-37)36(2)40(38,39)24-8-5-20(6-9-24)33-28-31-14-11-27(34-28)32-21-7-10-25(29)26(30)18-21/h3-11,14-15,18,22H,12-13,16-17,19H2,1-2H3,(H2,31,32,33,34). The molecule has 0 amide bonds. The normalized spacial score (nSPS) is 14.9. The van der Waals surface area contributed by atoms with Crippen LogP contribution in [0.15, 0.2) is 78.0 Å². The van der Waals surface area contributed by atoms with E-state index in [1.165, 1.54) is 22.3 Å². The molecule has 0 atom stereocenters. The summed E-state index contributed by atoms with van der Waals surface area (Å²) in [5.41, 5.74) is 2.18. The molecule has 40 heavy (non-hydrogen) atoms. The molecular formula is C28H31F2N7O2S. The monoisotopic (exact) mass is 567 g/mol. The third-order valence-electron chi connectivity index (χ3n) is 7.14. The summed E-state index contributed by atoms with van der Waals surface area (Å²) in [4.78, 5) is 11.1. The second kappa shape index (κ2) is 11.7. The van der Waals surface area contributed by atoms with Gasteiger partial charge in [0, 0.05) is 75.3 Å². The Labute approximate surface area is 232 Å².